The molecule has 6 heteroatoms. The third kappa shape index (κ3) is 4.85. The number of halogens is 1. The van der Waals surface area contributed by atoms with E-state index in [-0.39, 0.29) is 6.61 Å². The number of hydrogen-bond donors (Lipinski definition) is 1. The molecule has 0 atom stereocenters. The fraction of sp³-hybridized carbons (Fsp3) is 0.292. The van der Waals surface area contributed by atoms with Crippen LogP contribution in [0.15, 0.2) is 54.9 Å². The van der Waals surface area contributed by atoms with E-state index in [2.05, 4.69) is 34.8 Å². The van der Waals surface area contributed by atoms with Gasteiger partial charge in [0.15, 0.2) is 0 Å². The summed E-state index contributed by atoms with van der Waals surface area (Å²) in [6, 6.07) is 15.4. The number of pyridine rings is 2. The number of nitriles is 1. The lowest BCUT2D eigenvalue weighted by atomic mass is 9.94. The van der Waals surface area contributed by atoms with Crippen LogP contribution in [0.5, 0.6) is 0 Å². The Labute approximate surface area is 182 Å². The predicted octanol–water partition coefficient (Wildman–Crippen LogP) is 4.74. The van der Waals surface area contributed by atoms with Crippen LogP contribution in [0.1, 0.15) is 47.5 Å². The Morgan fingerprint density at radius 1 is 1.10 bits per heavy atom. The van der Waals surface area contributed by atoms with Gasteiger partial charge in [0, 0.05) is 25.5 Å². The van der Waals surface area contributed by atoms with Crippen molar-refractivity contribution in [2.75, 3.05) is 0 Å². The Bertz CT molecular complexity index is 1060. The van der Waals surface area contributed by atoms with Gasteiger partial charge in [-0.1, -0.05) is 23.7 Å². The van der Waals surface area contributed by atoms with Crippen molar-refractivity contribution in [3.8, 4) is 6.07 Å². The molecule has 2 aromatic heterocycles. The van der Waals surface area contributed by atoms with Crippen molar-refractivity contribution >= 4 is 11.6 Å². The van der Waals surface area contributed by atoms with Gasteiger partial charge in [0.2, 0.25) is 0 Å². The quantitative estimate of drug-likeness (QED) is 0.597. The van der Waals surface area contributed by atoms with Gasteiger partial charge >= 0.3 is 0 Å². The van der Waals surface area contributed by atoms with E-state index in [1.165, 1.54) is 0 Å². The van der Waals surface area contributed by atoms with E-state index in [1.54, 1.807) is 24.5 Å². The first-order valence-electron chi connectivity index (χ1n) is 9.75. The van der Waals surface area contributed by atoms with Crippen LogP contribution >= 0.6 is 11.6 Å². The molecule has 0 amide bonds. The van der Waals surface area contributed by atoms with Crippen molar-refractivity contribution in [3.05, 3.63) is 93.5 Å². The molecule has 0 saturated carbocycles. The molecule has 5 nitrogen and oxygen atoms in total. The summed E-state index contributed by atoms with van der Waals surface area (Å²) in [6.45, 7) is 7.28. The SMILES string of the molecule is Cc1cc(Cl)cnc1CN(Cc1ccc(C#N)cc1CO)C(C)(C)c1ccccn1. The fourth-order valence-corrected chi connectivity index (χ4v) is 3.67. The summed E-state index contributed by atoms with van der Waals surface area (Å²) < 4.78 is 0. The van der Waals surface area contributed by atoms with Crippen LogP contribution in [0, 0.1) is 18.3 Å². The average Bonchev–Trinajstić information content (AvgIpc) is 2.75. The maximum atomic E-state index is 9.87. The number of aryl methyl sites for hydroxylation is 1. The zero-order chi connectivity index (χ0) is 21.7. The first-order chi connectivity index (χ1) is 14.3. The minimum atomic E-state index is -0.407. The second-order valence-corrected chi connectivity index (χ2v) is 8.24. The molecule has 3 aromatic rings. The lowest BCUT2D eigenvalue weighted by molar-refractivity contribution is 0.0940. The van der Waals surface area contributed by atoms with Crippen molar-refractivity contribution in [2.45, 2.75) is 46.0 Å². The second-order valence-electron chi connectivity index (χ2n) is 7.80. The molecule has 1 N–H and O–H groups in total. The number of benzene rings is 1. The van der Waals surface area contributed by atoms with Crippen molar-refractivity contribution in [1.82, 2.24) is 14.9 Å². The number of aliphatic hydroxyl groups is 1. The van der Waals surface area contributed by atoms with Crippen LogP contribution < -0.4 is 0 Å². The maximum absolute atomic E-state index is 9.87. The molecule has 0 saturated heterocycles. The van der Waals surface area contributed by atoms with Gasteiger partial charge in [-0.25, -0.2) is 0 Å². The maximum Gasteiger partial charge on any atom is 0.0991 e. The Balaban J connectivity index is 2.02. The molecule has 0 aliphatic rings. The molecular formula is C24H25ClN4O. The third-order valence-corrected chi connectivity index (χ3v) is 5.65. The van der Waals surface area contributed by atoms with Crippen molar-refractivity contribution in [3.63, 3.8) is 0 Å². The van der Waals surface area contributed by atoms with Gasteiger partial charge in [-0.3, -0.25) is 14.9 Å². The molecule has 0 aliphatic heterocycles. The minimum absolute atomic E-state index is 0.124. The van der Waals surface area contributed by atoms with Gasteiger partial charge in [-0.15, -0.1) is 0 Å². The fourth-order valence-electron chi connectivity index (χ4n) is 3.46. The molecule has 0 unspecified atom stereocenters. The van der Waals surface area contributed by atoms with Crippen LogP contribution in [-0.2, 0) is 25.2 Å². The molecule has 0 fully saturated rings. The zero-order valence-electron chi connectivity index (χ0n) is 17.4. The van der Waals surface area contributed by atoms with Crippen molar-refractivity contribution in [1.29, 1.82) is 5.26 Å². The van der Waals surface area contributed by atoms with E-state index < -0.39 is 5.54 Å². The molecule has 30 heavy (non-hydrogen) atoms. The van der Waals surface area contributed by atoms with E-state index in [0.717, 1.165) is 28.1 Å². The van der Waals surface area contributed by atoms with Crippen LogP contribution in [0.3, 0.4) is 0 Å². The standard InChI is InChI=1S/C24H25ClN4O/c1-17-10-21(25)13-28-22(17)15-29(24(2,3)23-6-4-5-9-27-23)14-19-8-7-18(12-26)11-20(19)16-30/h4-11,13,30H,14-16H2,1-3H3. The van der Waals surface area contributed by atoms with Crippen molar-refractivity contribution in [2.24, 2.45) is 0 Å². The van der Waals surface area contributed by atoms with Gasteiger partial charge in [0.1, 0.15) is 0 Å². The molecule has 154 valence electrons. The molecule has 3 rings (SSSR count). The number of hydrogen-bond acceptors (Lipinski definition) is 5. The largest absolute Gasteiger partial charge is 0.392 e. The number of aliphatic hydroxyl groups excluding tert-OH is 1. The molecule has 2 heterocycles. The lowest BCUT2D eigenvalue weighted by Gasteiger charge is -2.38. The first kappa shape index (κ1) is 21.9. The highest BCUT2D eigenvalue weighted by Gasteiger charge is 2.31. The number of nitrogens with zero attached hydrogens (tertiary/aromatic N) is 4. The summed E-state index contributed by atoms with van der Waals surface area (Å²) in [6.07, 6.45) is 3.46. The summed E-state index contributed by atoms with van der Waals surface area (Å²) in [7, 11) is 0. The van der Waals surface area contributed by atoms with Crippen LogP contribution in [0.2, 0.25) is 5.02 Å². The Morgan fingerprint density at radius 3 is 2.53 bits per heavy atom. The highest BCUT2D eigenvalue weighted by Crippen LogP contribution is 2.31. The smallest absolute Gasteiger partial charge is 0.0991 e. The summed E-state index contributed by atoms with van der Waals surface area (Å²) >= 11 is 6.10. The molecule has 0 radical (unpaired) electrons. The number of rotatable bonds is 7. The van der Waals surface area contributed by atoms with Crippen LogP contribution in [0.4, 0.5) is 0 Å². The Morgan fingerprint density at radius 2 is 1.90 bits per heavy atom. The summed E-state index contributed by atoms with van der Waals surface area (Å²) in [5, 5.41) is 19.7. The number of aromatic nitrogens is 2. The minimum Gasteiger partial charge on any atom is -0.392 e. The third-order valence-electron chi connectivity index (χ3n) is 5.44. The average molecular weight is 421 g/mol. The molecule has 0 aliphatic carbocycles. The molecule has 0 spiro atoms. The van der Waals surface area contributed by atoms with E-state index in [4.69, 9.17) is 11.6 Å². The molecule has 0 bridgehead atoms. The summed E-state index contributed by atoms with van der Waals surface area (Å²) in [4.78, 5) is 11.4. The Kier molecular flexibility index (Phi) is 6.84. The van der Waals surface area contributed by atoms with Gasteiger partial charge in [0.25, 0.3) is 0 Å². The lowest BCUT2D eigenvalue weighted by Crippen LogP contribution is -2.41. The van der Waals surface area contributed by atoms with E-state index in [0.29, 0.717) is 23.7 Å². The van der Waals surface area contributed by atoms with Gasteiger partial charge in [-0.05, 0) is 67.8 Å². The topological polar surface area (TPSA) is 73.0 Å². The van der Waals surface area contributed by atoms with Gasteiger partial charge < -0.3 is 5.11 Å². The van der Waals surface area contributed by atoms with E-state index in [1.807, 2.05) is 37.3 Å². The monoisotopic (exact) mass is 420 g/mol. The Hall–Kier alpha value is -2.78. The molecular weight excluding hydrogens is 396 g/mol. The van der Waals surface area contributed by atoms with E-state index in [9.17, 15) is 10.4 Å². The van der Waals surface area contributed by atoms with Crippen LogP contribution in [-0.4, -0.2) is 20.0 Å². The highest BCUT2D eigenvalue weighted by molar-refractivity contribution is 6.30. The van der Waals surface area contributed by atoms with Crippen molar-refractivity contribution < 1.29 is 5.11 Å². The first-order valence-corrected chi connectivity index (χ1v) is 10.1. The summed E-state index contributed by atoms with van der Waals surface area (Å²) in [5.74, 6) is 0. The van der Waals surface area contributed by atoms with E-state index >= 15 is 0 Å². The van der Waals surface area contributed by atoms with Crippen LogP contribution in [0.25, 0.3) is 0 Å². The highest BCUT2D eigenvalue weighted by atomic mass is 35.5. The second kappa shape index (κ2) is 9.36. The van der Waals surface area contributed by atoms with Gasteiger partial charge in [0.05, 0.1) is 40.2 Å². The summed E-state index contributed by atoms with van der Waals surface area (Å²) in [5.41, 5.74) is 4.73. The normalized spacial score (nSPS) is 11.5. The van der Waals surface area contributed by atoms with Gasteiger partial charge in [-0.2, -0.15) is 5.26 Å². The predicted molar refractivity (Wildman–Crippen MR) is 118 cm³/mol. The zero-order valence-corrected chi connectivity index (χ0v) is 18.2. The molecule has 1 aromatic carbocycles.